The van der Waals surface area contributed by atoms with E-state index in [0.29, 0.717) is 17.8 Å². The maximum atomic E-state index is 5.39. The van der Waals surface area contributed by atoms with E-state index >= 15 is 0 Å². The summed E-state index contributed by atoms with van der Waals surface area (Å²) < 4.78 is 0. The van der Waals surface area contributed by atoms with E-state index in [1.54, 1.807) is 0 Å². The highest BCUT2D eigenvalue weighted by molar-refractivity contribution is 5.56. The van der Waals surface area contributed by atoms with Crippen LogP contribution in [0, 0.1) is 12.8 Å². The van der Waals surface area contributed by atoms with E-state index in [2.05, 4.69) is 41.5 Å². The Hall–Kier alpha value is -1.36. The first-order chi connectivity index (χ1) is 8.13. The summed E-state index contributed by atoms with van der Waals surface area (Å²) in [5, 5.41) is 3.44. The van der Waals surface area contributed by atoms with Crippen molar-refractivity contribution in [3.05, 3.63) is 11.9 Å². The van der Waals surface area contributed by atoms with E-state index in [1.165, 1.54) is 6.33 Å². The average Bonchev–Trinajstić information content (AvgIpc) is 2.33. The Labute approximate surface area is 103 Å². The molecule has 5 nitrogen and oxygen atoms in total. The number of nitrogens with two attached hydrogens (primary N) is 1. The van der Waals surface area contributed by atoms with Gasteiger partial charge in [0.15, 0.2) is 0 Å². The van der Waals surface area contributed by atoms with Crippen LogP contribution in [0.15, 0.2) is 6.33 Å². The van der Waals surface area contributed by atoms with Crippen LogP contribution in [0.3, 0.4) is 0 Å². The molecule has 1 atom stereocenters. The standard InChI is InChI=1S/C12H23N5/c1-5-10(6-2)9(4)16-11-8(3)12(17-13)15-7-14-11/h7,9-10H,5-6,13H2,1-4H3,(H2,14,15,16,17). The maximum absolute atomic E-state index is 5.39. The minimum absolute atomic E-state index is 0.393. The second kappa shape index (κ2) is 6.39. The zero-order valence-electron chi connectivity index (χ0n) is 11.1. The first-order valence-electron chi connectivity index (χ1n) is 6.18. The Morgan fingerprint density at radius 2 is 1.82 bits per heavy atom. The number of hydrazine groups is 1. The number of hydrogen-bond donors (Lipinski definition) is 3. The van der Waals surface area contributed by atoms with Crippen LogP contribution in [0.4, 0.5) is 11.6 Å². The van der Waals surface area contributed by atoms with E-state index in [9.17, 15) is 0 Å². The minimum Gasteiger partial charge on any atom is -0.367 e. The van der Waals surface area contributed by atoms with Crippen molar-refractivity contribution in [2.24, 2.45) is 11.8 Å². The van der Waals surface area contributed by atoms with Crippen molar-refractivity contribution in [2.45, 2.75) is 46.6 Å². The largest absolute Gasteiger partial charge is 0.367 e. The van der Waals surface area contributed by atoms with Crippen LogP contribution in [0.2, 0.25) is 0 Å². The first-order valence-corrected chi connectivity index (χ1v) is 6.18. The van der Waals surface area contributed by atoms with Gasteiger partial charge in [-0.05, 0) is 19.8 Å². The molecule has 1 rings (SSSR count). The van der Waals surface area contributed by atoms with E-state index in [1.807, 2.05) is 6.92 Å². The van der Waals surface area contributed by atoms with Crippen molar-refractivity contribution >= 4 is 11.6 Å². The average molecular weight is 237 g/mol. The highest BCUT2D eigenvalue weighted by Crippen LogP contribution is 2.21. The van der Waals surface area contributed by atoms with Crippen LogP contribution in [0.5, 0.6) is 0 Å². The highest BCUT2D eigenvalue weighted by atomic mass is 15.3. The predicted molar refractivity (Wildman–Crippen MR) is 71.7 cm³/mol. The maximum Gasteiger partial charge on any atom is 0.148 e. The normalized spacial score (nSPS) is 12.6. The van der Waals surface area contributed by atoms with Gasteiger partial charge in [0.1, 0.15) is 18.0 Å². The van der Waals surface area contributed by atoms with Crippen molar-refractivity contribution < 1.29 is 0 Å². The summed E-state index contributed by atoms with van der Waals surface area (Å²) in [4.78, 5) is 8.32. The number of nitrogens with zero attached hydrogens (tertiary/aromatic N) is 2. The van der Waals surface area contributed by atoms with Gasteiger partial charge in [0.25, 0.3) is 0 Å². The minimum atomic E-state index is 0.393. The molecule has 1 heterocycles. The number of nitrogens with one attached hydrogen (secondary N) is 2. The highest BCUT2D eigenvalue weighted by Gasteiger charge is 2.15. The molecule has 0 aliphatic rings. The summed E-state index contributed by atoms with van der Waals surface area (Å²) in [6.45, 7) is 8.57. The van der Waals surface area contributed by atoms with E-state index in [4.69, 9.17) is 5.84 Å². The van der Waals surface area contributed by atoms with E-state index in [-0.39, 0.29) is 0 Å². The molecule has 0 radical (unpaired) electrons. The molecule has 0 bridgehead atoms. The van der Waals surface area contributed by atoms with Gasteiger partial charge in [-0.3, -0.25) is 0 Å². The van der Waals surface area contributed by atoms with Crippen LogP contribution in [-0.2, 0) is 0 Å². The zero-order chi connectivity index (χ0) is 12.8. The van der Waals surface area contributed by atoms with Gasteiger partial charge in [0.2, 0.25) is 0 Å². The number of nitrogen functional groups attached to an aromatic ring is 1. The molecule has 1 aromatic rings. The van der Waals surface area contributed by atoms with Gasteiger partial charge in [-0.1, -0.05) is 26.7 Å². The number of anilines is 2. The molecule has 5 heteroatoms. The van der Waals surface area contributed by atoms with Crippen LogP contribution < -0.4 is 16.6 Å². The summed E-state index contributed by atoms with van der Waals surface area (Å²) in [6, 6.07) is 0.393. The second-order valence-electron chi connectivity index (χ2n) is 4.35. The van der Waals surface area contributed by atoms with Crippen molar-refractivity contribution in [1.82, 2.24) is 9.97 Å². The fourth-order valence-corrected chi connectivity index (χ4v) is 2.07. The Balaban J connectivity index is 2.81. The van der Waals surface area contributed by atoms with Gasteiger partial charge in [-0.2, -0.15) is 0 Å². The third kappa shape index (κ3) is 3.30. The molecule has 0 amide bonds. The molecule has 96 valence electrons. The van der Waals surface area contributed by atoms with Gasteiger partial charge in [-0.15, -0.1) is 0 Å². The Bertz CT molecular complexity index is 349. The summed E-state index contributed by atoms with van der Waals surface area (Å²) >= 11 is 0. The molecule has 17 heavy (non-hydrogen) atoms. The van der Waals surface area contributed by atoms with Crippen molar-refractivity contribution in [2.75, 3.05) is 10.7 Å². The molecular formula is C12H23N5. The van der Waals surface area contributed by atoms with Gasteiger partial charge >= 0.3 is 0 Å². The molecule has 0 spiro atoms. The second-order valence-corrected chi connectivity index (χ2v) is 4.35. The SMILES string of the molecule is CCC(CC)C(C)Nc1ncnc(NN)c1C. The lowest BCUT2D eigenvalue weighted by Crippen LogP contribution is -2.26. The smallest absolute Gasteiger partial charge is 0.148 e. The summed E-state index contributed by atoms with van der Waals surface area (Å²) in [5.74, 6) is 7.57. The van der Waals surface area contributed by atoms with Gasteiger partial charge in [0.05, 0.1) is 0 Å². The van der Waals surface area contributed by atoms with Gasteiger partial charge in [0, 0.05) is 11.6 Å². The fourth-order valence-electron chi connectivity index (χ4n) is 2.07. The predicted octanol–water partition coefficient (Wildman–Crippen LogP) is 2.31. The van der Waals surface area contributed by atoms with Crippen molar-refractivity contribution in [3.8, 4) is 0 Å². The van der Waals surface area contributed by atoms with Crippen LogP contribution in [0.1, 0.15) is 39.2 Å². The number of aromatic nitrogens is 2. The third-order valence-corrected chi connectivity index (χ3v) is 3.34. The molecule has 0 aromatic carbocycles. The molecule has 0 aliphatic carbocycles. The lowest BCUT2D eigenvalue weighted by atomic mass is 9.95. The third-order valence-electron chi connectivity index (χ3n) is 3.34. The molecule has 0 saturated heterocycles. The lowest BCUT2D eigenvalue weighted by Gasteiger charge is -2.24. The Morgan fingerprint density at radius 3 is 2.35 bits per heavy atom. The van der Waals surface area contributed by atoms with E-state index in [0.717, 1.165) is 24.2 Å². The summed E-state index contributed by atoms with van der Waals surface area (Å²) in [6.07, 6.45) is 3.84. The van der Waals surface area contributed by atoms with Crippen LogP contribution in [-0.4, -0.2) is 16.0 Å². The zero-order valence-corrected chi connectivity index (χ0v) is 11.1. The van der Waals surface area contributed by atoms with Crippen LogP contribution >= 0.6 is 0 Å². The number of hydrogen-bond acceptors (Lipinski definition) is 5. The van der Waals surface area contributed by atoms with Gasteiger partial charge in [-0.25, -0.2) is 15.8 Å². The Kier molecular flexibility index (Phi) is 5.15. The monoisotopic (exact) mass is 237 g/mol. The molecule has 4 N–H and O–H groups in total. The van der Waals surface area contributed by atoms with Crippen molar-refractivity contribution in [3.63, 3.8) is 0 Å². The van der Waals surface area contributed by atoms with E-state index < -0.39 is 0 Å². The summed E-state index contributed by atoms with van der Waals surface area (Å²) in [5.41, 5.74) is 3.53. The van der Waals surface area contributed by atoms with Crippen LogP contribution in [0.25, 0.3) is 0 Å². The van der Waals surface area contributed by atoms with Crippen molar-refractivity contribution in [1.29, 1.82) is 0 Å². The van der Waals surface area contributed by atoms with Gasteiger partial charge < -0.3 is 10.7 Å². The molecule has 1 aromatic heterocycles. The Morgan fingerprint density at radius 1 is 1.24 bits per heavy atom. The molecule has 0 fully saturated rings. The quantitative estimate of drug-likeness (QED) is 0.523. The summed E-state index contributed by atoms with van der Waals surface area (Å²) in [7, 11) is 0. The molecule has 1 unspecified atom stereocenters. The molecule has 0 aliphatic heterocycles. The first kappa shape index (κ1) is 13.7. The molecule has 0 saturated carbocycles. The number of rotatable bonds is 6. The molecular weight excluding hydrogens is 214 g/mol. The fraction of sp³-hybridized carbons (Fsp3) is 0.667. The topological polar surface area (TPSA) is 75.9 Å². The lowest BCUT2D eigenvalue weighted by molar-refractivity contribution is 0.437.